The first-order chi connectivity index (χ1) is 9.74. The average Bonchev–Trinajstić information content (AvgIpc) is 2.78. The van der Waals surface area contributed by atoms with Crippen molar-refractivity contribution in [2.24, 2.45) is 11.7 Å². The molecule has 1 saturated heterocycles. The summed E-state index contributed by atoms with van der Waals surface area (Å²) in [4.78, 5) is 14.0. The zero-order valence-electron chi connectivity index (χ0n) is 12.1. The second kappa shape index (κ2) is 7.12. The highest BCUT2D eigenvalue weighted by molar-refractivity contribution is 5.78. The van der Waals surface area contributed by atoms with E-state index in [1.54, 1.807) is 0 Å². The van der Waals surface area contributed by atoms with Crippen molar-refractivity contribution >= 4 is 5.91 Å². The van der Waals surface area contributed by atoms with Gasteiger partial charge in [-0.25, -0.2) is 0 Å². The number of nitrogens with two attached hydrogens (primary N) is 1. The van der Waals surface area contributed by atoms with Crippen LogP contribution in [0.2, 0.25) is 0 Å². The summed E-state index contributed by atoms with van der Waals surface area (Å²) in [7, 11) is 0. The standard InChI is InChI=1S/C17H22N2O/c1-2-6-14-11-17(20)19(12-14)13-16-8-4-3-7-15(16)9-5-10-18/h3-4,7-8,14H,2,6,10-13,18H2,1H3. The van der Waals surface area contributed by atoms with Gasteiger partial charge in [-0.2, -0.15) is 0 Å². The van der Waals surface area contributed by atoms with Crippen LogP contribution in [0.1, 0.15) is 37.3 Å². The van der Waals surface area contributed by atoms with Crippen molar-refractivity contribution in [2.75, 3.05) is 13.1 Å². The molecule has 1 aliphatic rings. The van der Waals surface area contributed by atoms with Crippen LogP contribution in [0.3, 0.4) is 0 Å². The number of likely N-dealkylation sites (tertiary alicyclic amines) is 1. The summed E-state index contributed by atoms with van der Waals surface area (Å²) in [5, 5.41) is 0. The van der Waals surface area contributed by atoms with E-state index in [-0.39, 0.29) is 5.91 Å². The number of hydrogen-bond acceptors (Lipinski definition) is 2. The second-order valence-electron chi connectivity index (χ2n) is 5.30. The Bertz CT molecular complexity index is 527. The Kier molecular flexibility index (Phi) is 5.20. The molecule has 3 heteroatoms. The molecule has 106 valence electrons. The highest BCUT2D eigenvalue weighted by Gasteiger charge is 2.28. The van der Waals surface area contributed by atoms with Gasteiger partial charge in [0, 0.05) is 25.1 Å². The predicted molar refractivity (Wildman–Crippen MR) is 80.8 cm³/mol. The molecule has 1 heterocycles. The molecule has 0 spiro atoms. The first-order valence-corrected chi connectivity index (χ1v) is 7.29. The van der Waals surface area contributed by atoms with E-state index in [0.717, 1.165) is 30.5 Å². The van der Waals surface area contributed by atoms with Gasteiger partial charge in [0.15, 0.2) is 0 Å². The van der Waals surface area contributed by atoms with Gasteiger partial charge in [0.1, 0.15) is 0 Å². The lowest BCUT2D eigenvalue weighted by molar-refractivity contribution is -0.128. The number of carbonyl (C=O) groups is 1. The van der Waals surface area contributed by atoms with Crippen LogP contribution in [-0.2, 0) is 11.3 Å². The van der Waals surface area contributed by atoms with Crippen molar-refractivity contribution in [2.45, 2.75) is 32.7 Å². The van der Waals surface area contributed by atoms with Crippen LogP contribution in [0.15, 0.2) is 24.3 Å². The lowest BCUT2D eigenvalue weighted by Crippen LogP contribution is -2.25. The quantitative estimate of drug-likeness (QED) is 0.852. The molecule has 2 rings (SSSR count). The van der Waals surface area contributed by atoms with Gasteiger partial charge in [0.2, 0.25) is 5.91 Å². The monoisotopic (exact) mass is 270 g/mol. The Morgan fingerprint density at radius 3 is 2.95 bits per heavy atom. The maximum absolute atomic E-state index is 12.1. The molecule has 1 fully saturated rings. The van der Waals surface area contributed by atoms with Gasteiger partial charge < -0.3 is 10.6 Å². The molecule has 1 amide bonds. The largest absolute Gasteiger partial charge is 0.338 e. The van der Waals surface area contributed by atoms with Gasteiger partial charge in [-0.15, -0.1) is 0 Å². The fourth-order valence-electron chi connectivity index (χ4n) is 2.74. The lowest BCUT2D eigenvalue weighted by Gasteiger charge is -2.17. The molecule has 1 unspecified atom stereocenters. The summed E-state index contributed by atoms with van der Waals surface area (Å²) in [6.45, 7) is 4.07. The van der Waals surface area contributed by atoms with Crippen LogP contribution in [0, 0.1) is 17.8 Å². The molecule has 0 aromatic heterocycles. The van der Waals surface area contributed by atoms with Crippen molar-refractivity contribution in [1.82, 2.24) is 4.90 Å². The Hall–Kier alpha value is -1.79. The van der Waals surface area contributed by atoms with Crippen LogP contribution < -0.4 is 5.73 Å². The van der Waals surface area contributed by atoms with Crippen molar-refractivity contribution in [3.05, 3.63) is 35.4 Å². The molecule has 20 heavy (non-hydrogen) atoms. The minimum Gasteiger partial charge on any atom is -0.338 e. The molecule has 0 radical (unpaired) electrons. The first kappa shape index (κ1) is 14.6. The molecule has 1 aromatic carbocycles. The van der Waals surface area contributed by atoms with E-state index >= 15 is 0 Å². The lowest BCUT2D eigenvalue weighted by atomic mass is 10.0. The van der Waals surface area contributed by atoms with E-state index in [2.05, 4.69) is 18.8 Å². The van der Waals surface area contributed by atoms with E-state index in [0.29, 0.717) is 25.4 Å². The number of benzene rings is 1. The molecular formula is C17H22N2O. The van der Waals surface area contributed by atoms with Crippen LogP contribution in [0.5, 0.6) is 0 Å². The molecule has 1 atom stereocenters. The van der Waals surface area contributed by atoms with Gasteiger partial charge in [0.25, 0.3) is 0 Å². The van der Waals surface area contributed by atoms with E-state index < -0.39 is 0 Å². The molecule has 1 aromatic rings. The highest BCUT2D eigenvalue weighted by Crippen LogP contribution is 2.24. The van der Waals surface area contributed by atoms with Crippen molar-refractivity contribution < 1.29 is 4.79 Å². The van der Waals surface area contributed by atoms with Gasteiger partial charge in [-0.3, -0.25) is 4.79 Å². The highest BCUT2D eigenvalue weighted by atomic mass is 16.2. The summed E-state index contributed by atoms with van der Waals surface area (Å²) in [6.07, 6.45) is 2.98. The fourth-order valence-corrected chi connectivity index (χ4v) is 2.74. The molecule has 0 saturated carbocycles. The zero-order valence-corrected chi connectivity index (χ0v) is 12.1. The topological polar surface area (TPSA) is 46.3 Å². The van der Waals surface area contributed by atoms with Gasteiger partial charge >= 0.3 is 0 Å². The minimum atomic E-state index is 0.269. The molecule has 2 N–H and O–H groups in total. The number of nitrogens with zero attached hydrogens (tertiary/aromatic N) is 1. The fraction of sp³-hybridized carbons (Fsp3) is 0.471. The van der Waals surface area contributed by atoms with Gasteiger partial charge in [0.05, 0.1) is 6.54 Å². The summed E-state index contributed by atoms with van der Waals surface area (Å²) < 4.78 is 0. The van der Waals surface area contributed by atoms with Crippen molar-refractivity contribution in [3.63, 3.8) is 0 Å². The molecule has 3 nitrogen and oxygen atoms in total. The Balaban J connectivity index is 2.08. The van der Waals surface area contributed by atoms with Gasteiger partial charge in [-0.05, 0) is 24.0 Å². The molecule has 1 aliphatic heterocycles. The number of carbonyl (C=O) groups excluding carboxylic acids is 1. The first-order valence-electron chi connectivity index (χ1n) is 7.29. The van der Waals surface area contributed by atoms with Crippen LogP contribution in [0.25, 0.3) is 0 Å². The summed E-state index contributed by atoms with van der Waals surface area (Å²) in [6, 6.07) is 7.99. The third-order valence-electron chi connectivity index (χ3n) is 3.70. The second-order valence-corrected chi connectivity index (χ2v) is 5.30. The molecule has 0 aliphatic carbocycles. The maximum Gasteiger partial charge on any atom is 0.223 e. The number of amides is 1. The Morgan fingerprint density at radius 2 is 2.20 bits per heavy atom. The normalized spacial score (nSPS) is 18.0. The Labute approximate surface area is 121 Å². The van der Waals surface area contributed by atoms with E-state index in [4.69, 9.17) is 5.73 Å². The van der Waals surface area contributed by atoms with Gasteiger partial charge in [-0.1, -0.05) is 43.4 Å². The zero-order chi connectivity index (χ0) is 14.4. The minimum absolute atomic E-state index is 0.269. The third kappa shape index (κ3) is 3.61. The number of hydrogen-bond donors (Lipinski definition) is 1. The SMILES string of the molecule is CCCC1CC(=O)N(Cc2ccccc2C#CCN)C1. The maximum atomic E-state index is 12.1. The van der Waals surface area contributed by atoms with Crippen molar-refractivity contribution in [3.8, 4) is 11.8 Å². The van der Waals surface area contributed by atoms with Crippen LogP contribution >= 0.6 is 0 Å². The van der Waals surface area contributed by atoms with Crippen LogP contribution in [0.4, 0.5) is 0 Å². The van der Waals surface area contributed by atoms with E-state index in [9.17, 15) is 4.79 Å². The Morgan fingerprint density at radius 1 is 1.40 bits per heavy atom. The average molecular weight is 270 g/mol. The van der Waals surface area contributed by atoms with Crippen molar-refractivity contribution in [1.29, 1.82) is 0 Å². The number of rotatable bonds is 4. The summed E-state index contributed by atoms with van der Waals surface area (Å²) in [5.41, 5.74) is 7.51. The van der Waals surface area contributed by atoms with E-state index in [1.807, 2.05) is 29.2 Å². The summed E-state index contributed by atoms with van der Waals surface area (Å²) in [5.74, 6) is 6.76. The smallest absolute Gasteiger partial charge is 0.223 e. The molecule has 0 bridgehead atoms. The predicted octanol–water partition coefficient (Wildman–Crippen LogP) is 2.15. The van der Waals surface area contributed by atoms with E-state index in [1.165, 1.54) is 0 Å². The summed E-state index contributed by atoms with van der Waals surface area (Å²) >= 11 is 0. The van der Waals surface area contributed by atoms with Crippen LogP contribution in [-0.4, -0.2) is 23.9 Å². The third-order valence-corrected chi connectivity index (χ3v) is 3.70. The molecular weight excluding hydrogens is 248 g/mol.